The van der Waals surface area contributed by atoms with Crippen LogP contribution >= 0.6 is 15.9 Å². The Balaban J connectivity index is 2.31. The number of aromatic nitrogens is 2. The van der Waals surface area contributed by atoms with Gasteiger partial charge in [-0.25, -0.2) is 0 Å². The largest absolute Gasteiger partial charge is 0.465 e. The predicted octanol–water partition coefficient (Wildman–Crippen LogP) is 2.62. The highest BCUT2D eigenvalue weighted by molar-refractivity contribution is 9.10. The summed E-state index contributed by atoms with van der Waals surface area (Å²) in [7, 11) is 1.56. The Morgan fingerprint density at radius 3 is 2.84 bits per heavy atom. The molecule has 5 heteroatoms. The van der Waals surface area contributed by atoms with Gasteiger partial charge in [0.15, 0.2) is 12.5 Å². The molecule has 2 heterocycles. The monoisotopic (exact) mass is 318 g/mol. The van der Waals surface area contributed by atoms with Crippen molar-refractivity contribution in [2.75, 3.05) is 13.9 Å². The van der Waals surface area contributed by atoms with Crippen LogP contribution in [0.4, 0.5) is 0 Å². The van der Waals surface area contributed by atoms with Crippen molar-refractivity contribution >= 4 is 15.9 Å². The van der Waals surface area contributed by atoms with Gasteiger partial charge in [0.1, 0.15) is 0 Å². The number of hydrogen-bond acceptors (Lipinski definition) is 4. The van der Waals surface area contributed by atoms with Crippen LogP contribution in [0, 0.1) is 11.8 Å². The van der Waals surface area contributed by atoms with E-state index >= 15 is 0 Å². The minimum absolute atomic E-state index is 0.152. The first kappa shape index (κ1) is 13.5. The van der Waals surface area contributed by atoms with Crippen molar-refractivity contribution in [3.05, 3.63) is 52.5 Å². The van der Waals surface area contributed by atoms with E-state index in [0.717, 1.165) is 15.6 Å². The van der Waals surface area contributed by atoms with Gasteiger partial charge in [0.2, 0.25) is 0 Å². The second-order valence-electron chi connectivity index (χ2n) is 3.54. The summed E-state index contributed by atoms with van der Waals surface area (Å²) < 4.78 is 11.1. The summed E-state index contributed by atoms with van der Waals surface area (Å²) in [6, 6.07) is 3.73. The summed E-state index contributed by atoms with van der Waals surface area (Å²) >= 11 is 3.41. The summed E-state index contributed by atoms with van der Waals surface area (Å²) in [5, 5.41) is 0. The molecule has 0 fully saturated rings. The Hall–Kier alpha value is -1.90. The van der Waals surface area contributed by atoms with Gasteiger partial charge in [-0.05, 0) is 28.1 Å². The van der Waals surface area contributed by atoms with Crippen molar-refractivity contribution in [3.63, 3.8) is 0 Å². The zero-order valence-electron chi connectivity index (χ0n) is 10.3. The first-order chi connectivity index (χ1) is 9.31. The van der Waals surface area contributed by atoms with Crippen LogP contribution < -0.4 is 4.74 Å². The predicted molar refractivity (Wildman–Crippen MR) is 74.7 cm³/mol. The maximum absolute atomic E-state index is 5.42. The van der Waals surface area contributed by atoms with E-state index in [1.54, 1.807) is 31.9 Å². The van der Waals surface area contributed by atoms with Gasteiger partial charge >= 0.3 is 0 Å². The maximum atomic E-state index is 5.42. The fourth-order valence-electron chi connectivity index (χ4n) is 1.34. The number of nitrogens with zero attached hydrogens (tertiary/aromatic N) is 2. The molecule has 2 aromatic rings. The summed E-state index contributed by atoms with van der Waals surface area (Å²) in [5.74, 6) is 6.65. The quantitative estimate of drug-likeness (QED) is 0.644. The van der Waals surface area contributed by atoms with Crippen LogP contribution in [-0.2, 0) is 4.74 Å². The Kier molecular flexibility index (Phi) is 4.90. The van der Waals surface area contributed by atoms with Gasteiger partial charge in [-0.1, -0.05) is 11.8 Å². The molecule has 0 saturated heterocycles. The molecule has 2 rings (SSSR count). The van der Waals surface area contributed by atoms with Crippen molar-refractivity contribution in [2.24, 2.45) is 0 Å². The average Bonchev–Trinajstić information content (AvgIpc) is 2.45. The van der Waals surface area contributed by atoms with E-state index in [4.69, 9.17) is 9.47 Å². The van der Waals surface area contributed by atoms with Gasteiger partial charge in [0.25, 0.3) is 0 Å². The van der Waals surface area contributed by atoms with E-state index in [-0.39, 0.29) is 6.79 Å². The van der Waals surface area contributed by atoms with Crippen molar-refractivity contribution in [3.8, 4) is 17.6 Å². The van der Waals surface area contributed by atoms with Crippen molar-refractivity contribution in [1.29, 1.82) is 0 Å². The molecule has 0 aliphatic rings. The fourth-order valence-corrected chi connectivity index (χ4v) is 1.75. The standard InChI is InChI=1S/C14H11BrN2O2/c1-18-10-19-14-9-17-8-13(15)12(14)5-4-11-3-2-6-16-7-11/h2-3,6-9H,10H2,1H3. The van der Waals surface area contributed by atoms with Crippen LogP contribution in [0.2, 0.25) is 0 Å². The molecule has 0 bridgehead atoms. The third kappa shape index (κ3) is 3.78. The van der Waals surface area contributed by atoms with Gasteiger partial charge in [0.05, 0.1) is 16.2 Å². The third-order valence-electron chi connectivity index (χ3n) is 2.19. The molecule has 4 nitrogen and oxygen atoms in total. The molecule has 0 radical (unpaired) electrons. The highest BCUT2D eigenvalue weighted by Crippen LogP contribution is 2.24. The lowest BCUT2D eigenvalue weighted by molar-refractivity contribution is 0.0506. The minimum atomic E-state index is 0.152. The number of ether oxygens (including phenoxy) is 2. The normalized spacial score (nSPS) is 9.58. The summed E-state index contributed by atoms with van der Waals surface area (Å²) in [5.41, 5.74) is 1.57. The SMILES string of the molecule is COCOc1cncc(Br)c1C#Cc1cccnc1. The smallest absolute Gasteiger partial charge is 0.188 e. The molecular formula is C14H11BrN2O2. The summed E-state index contributed by atoms with van der Waals surface area (Å²) in [4.78, 5) is 8.06. The molecule has 19 heavy (non-hydrogen) atoms. The Morgan fingerprint density at radius 2 is 2.11 bits per heavy atom. The zero-order chi connectivity index (χ0) is 13.5. The average molecular weight is 319 g/mol. The van der Waals surface area contributed by atoms with Gasteiger partial charge in [-0.3, -0.25) is 9.97 Å². The van der Waals surface area contributed by atoms with E-state index in [9.17, 15) is 0 Å². The summed E-state index contributed by atoms with van der Waals surface area (Å²) in [6.07, 6.45) is 6.70. The van der Waals surface area contributed by atoms with Gasteiger partial charge in [-0.15, -0.1) is 0 Å². The van der Waals surface area contributed by atoms with Gasteiger partial charge < -0.3 is 9.47 Å². The lowest BCUT2D eigenvalue weighted by Gasteiger charge is -2.07. The molecule has 2 aromatic heterocycles. The minimum Gasteiger partial charge on any atom is -0.465 e. The third-order valence-corrected chi connectivity index (χ3v) is 2.79. The molecule has 0 unspecified atom stereocenters. The maximum Gasteiger partial charge on any atom is 0.188 e. The lowest BCUT2D eigenvalue weighted by Crippen LogP contribution is -2.01. The molecule has 0 saturated carbocycles. The van der Waals surface area contributed by atoms with Crippen LogP contribution in [0.25, 0.3) is 0 Å². The van der Waals surface area contributed by atoms with Crippen LogP contribution in [0.3, 0.4) is 0 Å². The first-order valence-corrected chi connectivity index (χ1v) is 6.28. The fraction of sp³-hybridized carbons (Fsp3) is 0.143. The number of pyridine rings is 2. The summed E-state index contributed by atoms with van der Waals surface area (Å²) in [6.45, 7) is 0.152. The Morgan fingerprint density at radius 1 is 1.21 bits per heavy atom. The van der Waals surface area contributed by atoms with E-state index in [0.29, 0.717) is 5.75 Å². The Labute approximate surface area is 119 Å². The molecule has 96 valence electrons. The van der Waals surface area contributed by atoms with Crippen LogP contribution in [0.15, 0.2) is 41.4 Å². The van der Waals surface area contributed by atoms with Gasteiger partial charge in [-0.2, -0.15) is 0 Å². The highest BCUT2D eigenvalue weighted by Gasteiger charge is 2.06. The van der Waals surface area contributed by atoms with Crippen molar-refractivity contribution in [1.82, 2.24) is 9.97 Å². The molecule has 0 aliphatic carbocycles. The van der Waals surface area contributed by atoms with E-state index in [2.05, 4.69) is 37.7 Å². The topological polar surface area (TPSA) is 44.2 Å². The Bertz CT molecular complexity index is 606. The van der Waals surface area contributed by atoms with Crippen LogP contribution in [0.5, 0.6) is 5.75 Å². The lowest BCUT2D eigenvalue weighted by atomic mass is 10.2. The number of hydrogen-bond donors (Lipinski definition) is 0. The molecular weight excluding hydrogens is 308 g/mol. The van der Waals surface area contributed by atoms with E-state index in [1.165, 1.54) is 0 Å². The molecule has 0 spiro atoms. The van der Waals surface area contributed by atoms with Crippen molar-refractivity contribution < 1.29 is 9.47 Å². The molecule has 0 amide bonds. The molecule has 0 atom stereocenters. The van der Waals surface area contributed by atoms with E-state index < -0.39 is 0 Å². The zero-order valence-corrected chi connectivity index (χ0v) is 11.8. The number of halogens is 1. The second kappa shape index (κ2) is 6.88. The van der Waals surface area contributed by atoms with Crippen LogP contribution in [-0.4, -0.2) is 23.9 Å². The van der Waals surface area contributed by atoms with Crippen molar-refractivity contribution in [2.45, 2.75) is 0 Å². The molecule has 0 N–H and O–H groups in total. The van der Waals surface area contributed by atoms with E-state index in [1.807, 2.05) is 12.1 Å². The number of rotatable bonds is 3. The van der Waals surface area contributed by atoms with Gasteiger partial charge in [0, 0.05) is 31.3 Å². The first-order valence-electron chi connectivity index (χ1n) is 5.48. The number of methoxy groups -OCH3 is 1. The highest BCUT2D eigenvalue weighted by atomic mass is 79.9. The van der Waals surface area contributed by atoms with Crippen LogP contribution in [0.1, 0.15) is 11.1 Å². The molecule has 0 aliphatic heterocycles. The molecule has 0 aromatic carbocycles. The second-order valence-corrected chi connectivity index (χ2v) is 4.39.